The highest BCUT2D eigenvalue weighted by molar-refractivity contribution is 6.00. The molecule has 2 aromatic rings. The van der Waals surface area contributed by atoms with Gasteiger partial charge in [-0.3, -0.25) is 9.59 Å². The van der Waals surface area contributed by atoms with Crippen LogP contribution >= 0.6 is 0 Å². The topological polar surface area (TPSA) is 74.0 Å². The molecule has 22 heavy (non-hydrogen) atoms. The number of carbonyl (C=O) groups is 2. The van der Waals surface area contributed by atoms with Gasteiger partial charge in [0.2, 0.25) is 11.8 Å². The van der Waals surface area contributed by atoms with Gasteiger partial charge in [0, 0.05) is 29.7 Å². The summed E-state index contributed by atoms with van der Waals surface area (Å²) in [5.41, 5.74) is 2.28. The maximum absolute atomic E-state index is 12.2. The maximum atomic E-state index is 12.2. The Morgan fingerprint density at radius 3 is 3.05 bits per heavy atom. The molecule has 1 saturated heterocycles. The highest BCUT2D eigenvalue weighted by Crippen LogP contribution is 2.19. The highest BCUT2D eigenvalue weighted by Gasteiger charge is 2.29. The standard InChI is InChI=1S/C17H21N3O2/c1-11(20-17(22)14-6-4-8-18-16(14)21)9-12-10-19-15-7-3-2-5-13(12)15/h2-3,5,7,10-11,14,19H,4,6,8-9H2,1H3,(H,18,21)(H,20,22)/t11-,14-/m1/s1. The van der Waals surface area contributed by atoms with E-state index in [2.05, 4.69) is 21.7 Å². The van der Waals surface area contributed by atoms with Crippen LogP contribution in [0, 0.1) is 5.92 Å². The van der Waals surface area contributed by atoms with Crippen LogP contribution in [0.2, 0.25) is 0 Å². The van der Waals surface area contributed by atoms with Gasteiger partial charge in [-0.25, -0.2) is 0 Å². The number of carbonyl (C=O) groups excluding carboxylic acids is 2. The van der Waals surface area contributed by atoms with Crippen molar-refractivity contribution >= 4 is 22.7 Å². The molecule has 1 aromatic carbocycles. The molecule has 3 rings (SSSR count). The van der Waals surface area contributed by atoms with Crippen molar-refractivity contribution in [2.75, 3.05) is 6.54 Å². The van der Waals surface area contributed by atoms with Crippen LogP contribution in [0.1, 0.15) is 25.3 Å². The van der Waals surface area contributed by atoms with E-state index in [0.29, 0.717) is 13.0 Å². The van der Waals surface area contributed by atoms with Crippen LogP contribution in [0.3, 0.4) is 0 Å². The van der Waals surface area contributed by atoms with Gasteiger partial charge in [-0.15, -0.1) is 0 Å². The molecular formula is C17H21N3O2. The first-order chi connectivity index (χ1) is 10.6. The quantitative estimate of drug-likeness (QED) is 0.752. The molecule has 0 aliphatic carbocycles. The molecule has 1 aromatic heterocycles. The number of hydrogen-bond acceptors (Lipinski definition) is 2. The number of nitrogens with one attached hydrogen (secondary N) is 3. The van der Waals surface area contributed by atoms with Crippen molar-refractivity contribution in [2.24, 2.45) is 5.92 Å². The summed E-state index contributed by atoms with van der Waals surface area (Å²) in [6.45, 7) is 2.65. The van der Waals surface area contributed by atoms with Gasteiger partial charge in [-0.2, -0.15) is 0 Å². The SMILES string of the molecule is C[C@H](Cc1c[nH]c2ccccc12)NC(=O)[C@@H]1CCCNC1=O. The summed E-state index contributed by atoms with van der Waals surface area (Å²) in [4.78, 5) is 27.2. The van der Waals surface area contributed by atoms with Crippen molar-refractivity contribution in [3.05, 3.63) is 36.0 Å². The first kappa shape index (κ1) is 14.6. The lowest BCUT2D eigenvalue weighted by molar-refractivity contribution is -0.137. The largest absolute Gasteiger partial charge is 0.361 e. The second kappa shape index (κ2) is 6.22. The van der Waals surface area contributed by atoms with E-state index in [4.69, 9.17) is 0 Å². The van der Waals surface area contributed by atoms with Gasteiger partial charge >= 0.3 is 0 Å². The van der Waals surface area contributed by atoms with Crippen LogP contribution in [0.5, 0.6) is 0 Å². The normalized spacial score (nSPS) is 19.7. The van der Waals surface area contributed by atoms with Gasteiger partial charge < -0.3 is 15.6 Å². The number of hydrogen-bond donors (Lipinski definition) is 3. The van der Waals surface area contributed by atoms with Gasteiger partial charge in [-0.1, -0.05) is 18.2 Å². The highest BCUT2D eigenvalue weighted by atomic mass is 16.2. The molecule has 116 valence electrons. The first-order valence-electron chi connectivity index (χ1n) is 7.78. The number of para-hydroxylation sites is 1. The van der Waals surface area contributed by atoms with E-state index in [0.717, 1.165) is 18.4 Å². The Balaban J connectivity index is 1.63. The number of benzene rings is 1. The second-order valence-corrected chi connectivity index (χ2v) is 5.96. The van der Waals surface area contributed by atoms with E-state index in [-0.39, 0.29) is 17.9 Å². The predicted molar refractivity (Wildman–Crippen MR) is 85.3 cm³/mol. The molecule has 0 radical (unpaired) electrons. The third kappa shape index (κ3) is 2.98. The van der Waals surface area contributed by atoms with Gasteiger partial charge in [0.1, 0.15) is 5.92 Å². The maximum Gasteiger partial charge on any atom is 0.232 e. The van der Waals surface area contributed by atoms with E-state index < -0.39 is 5.92 Å². The average Bonchev–Trinajstić information content (AvgIpc) is 2.91. The van der Waals surface area contributed by atoms with Gasteiger partial charge in [0.05, 0.1) is 0 Å². The fraction of sp³-hybridized carbons (Fsp3) is 0.412. The lowest BCUT2D eigenvalue weighted by Gasteiger charge is -2.23. The fourth-order valence-electron chi connectivity index (χ4n) is 3.05. The zero-order valence-electron chi connectivity index (χ0n) is 12.7. The summed E-state index contributed by atoms with van der Waals surface area (Å²) in [5.74, 6) is -0.855. The number of H-pyrrole nitrogens is 1. The van der Waals surface area contributed by atoms with Crippen LogP contribution < -0.4 is 10.6 Å². The van der Waals surface area contributed by atoms with Crippen molar-refractivity contribution in [1.29, 1.82) is 0 Å². The molecule has 5 nitrogen and oxygen atoms in total. The average molecular weight is 299 g/mol. The molecule has 3 N–H and O–H groups in total. The van der Waals surface area contributed by atoms with Crippen molar-refractivity contribution in [2.45, 2.75) is 32.2 Å². The summed E-state index contributed by atoms with van der Waals surface area (Å²) in [6, 6.07) is 8.10. The Morgan fingerprint density at radius 1 is 1.41 bits per heavy atom. The molecule has 0 spiro atoms. The Kier molecular flexibility index (Phi) is 4.13. The molecular weight excluding hydrogens is 278 g/mol. The third-order valence-corrected chi connectivity index (χ3v) is 4.19. The third-order valence-electron chi connectivity index (χ3n) is 4.19. The number of piperidine rings is 1. The molecule has 0 saturated carbocycles. The van der Waals surface area contributed by atoms with Crippen molar-refractivity contribution in [3.63, 3.8) is 0 Å². The van der Waals surface area contributed by atoms with Gasteiger partial charge in [-0.05, 0) is 37.8 Å². The van der Waals surface area contributed by atoms with E-state index in [1.807, 2.05) is 31.3 Å². The first-order valence-corrected chi connectivity index (χ1v) is 7.78. The lowest BCUT2D eigenvalue weighted by Crippen LogP contribution is -2.47. The molecule has 2 heterocycles. The zero-order chi connectivity index (χ0) is 15.5. The number of fused-ring (bicyclic) bond motifs is 1. The molecule has 2 amide bonds. The van der Waals surface area contributed by atoms with Gasteiger partial charge in [0.15, 0.2) is 0 Å². The van der Waals surface area contributed by atoms with Crippen LogP contribution in [0.4, 0.5) is 0 Å². The molecule has 1 aliphatic heterocycles. The van der Waals surface area contributed by atoms with Crippen molar-refractivity contribution in [3.8, 4) is 0 Å². The minimum absolute atomic E-state index is 0.0126. The molecule has 1 aliphatic rings. The minimum atomic E-state index is -0.542. The van der Waals surface area contributed by atoms with Gasteiger partial charge in [0.25, 0.3) is 0 Å². The van der Waals surface area contributed by atoms with Crippen molar-refractivity contribution in [1.82, 2.24) is 15.6 Å². The molecule has 5 heteroatoms. The Labute approximate surface area is 129 Å². The summed E-state index contributed by atoms with van der Waals surface area (Å²) < 4.78 is 0. The smallest absolute Gasteiger partial charge is 0.232 e. The van der Waals surface area contributed by atoms with Crippen LogP contribution in [0.25, 0.3) is 10.9 Å². The van der Waals surface area contributed by atoms with E-state index in [9.17, 15) is 9.59 Å². The molecule has 1 fully saturated rings. The summed E-state index contributed by atoms with van der Waals surface area (Å²) >= 11 is 0. The Morgan fingerprint density at radius 2 is 2.23 bits per heavy atom. The fourth-order valence-corrected chi connectivity index (χ4v) is 3.05. The minimum Gasteiger partial charge on any atom is -0.361 e. The number of aromatic amines is 1. The number of amides is 2. The second-order valence-electron chi connectivity index (χ2n) is 5.96. The predicted octanol–water partition coefficient (Wildman–Crippen LogP) is 1.74. The number of aromatic nitrogens is 1. The summed E-state index contributed by atoms with van der Waals surface area (Å²) in [5, 5.41) is 6.90. The monoisotopic (exact) mass is 299 g/mol. The summed E-state index contributed by atoms with van der Waals surface area (Å²) in [7, 11) is 0. The van der Waals surface area contributed by atoms with E-state index >= 15 is 0 Å². The Bertz CT molecular complexity index is 692. The Hall–Kier alpha value is -2.30. The summed E-state index contributed by atoms with van der Waals surface area (Å²) in [6.07, 6.45) is 4.23. The van der Waals surface area contributed by atoms with Crippen LogP contribution in [-0.4, -0.2) is 29.4 Å². The molecule has 0 unspecified atom stereocenters. The zero-order valence-corrected chi connectivity index (χ0v) is 12.7. The van der Waals surface area contributed by atoms with Crippen LogP contribution in [-0.2, 0) is 16.0 Å². The molecule has 2 atom stereocenters. The van der Waals surface area contributed by atoms with E-state index in [1.165, 1.54) is 10.9 Å². The van der Waals surface area contributed by atoms with Crippen LogP contribution in [0.15, 0.2) is 30.5 Å². The van der Waals surface area contributed by atoms with Crippen molar-refractivity contribution < 1.29 is 9.59 Å². The lowest BCUT2D eigenvalue weighted by atomic mass is 9.97. The van der Waals surface area contributed by atoms with E-state index in [1.54, 1.807) is 0 Å². The molecule has 0 bridgehead atoms. The number of rotatable bonds is 4.